The number of anilines is 1. The summed E-state index contributed by atoms with van der Waals surface area (Å²) >= 11 is 0. The second kappa shape index (κ2) is 7.51. The Morgan fingerprint density at radius 1 is 1.23 bits per heavy atom. The first-order chi connectivity index (χ1) is 12.4. The van der Waals surface area contributed by atoms with Gasteiger partial charge in [0.05, 0.1) is 5.52 Å². The van der Waals surface area contributed by atoms with Crippen LogP contribution in [0, 0.1) is 0 Å². The van der Waals surface area contributed by atoms with Crippen LogP contribution >= 0.6 is 0 Å². The summed E-state index contributed by atoms with van der Waals surface area (Å²) in [7, 11) is 0. The van der Waals surface area contributed by atoms with E-state index in [0.717, 1.165) is 25.3 Å². The highest BCUT2D eigenvalue weighted by Crippen LogP contribution is 2.34. The number of aromatic nitrogens is 1. The van der Waals surface area contributed by atoms with Crippen molar-refractivity contribution >= 4 is 22.5 Å². The summed E-state index contributed by atoms with van der Waals surface area (Å²) in [5, 5.41) is 6.92. The molecule has 2 atom stereocenters. The van der Waals surface area contributed by atoms with E-state index in [0.29, 0.717) is 29.4 Å². The van der Waals surface area contributed by atoms with Crippen molar-refractivity contribution in [2.75, 3.05) is 5.32 Å². The van der Waals surface area contributed by atoms with Crippen LogP contribution in [-0.4, -0.2) is 23.0 Å². The van der Waals surface area contributed by atoms with Crippen LogP contribution in [0.15, 0.2) is 30.3 Å². The predicted octanol–water partition coefficient (Wildman–Crippen LogP) is 4.50. The van der Waals surface area contributed by atoms with Gasteiger partial charge in [-0.1, -0.05) is 25.1 Å². The van der Waals surface area contributed by atoms with E-state index in [-0.39, 0.29) is 18.0 Å². The van der Waals surface area contributed by atoms with Crippen molar-refractivity contribution in [3.05, 3.63) is 36.0 Å². The van der Waals surface area contributed by atoms with Crippen LogP contribution in [-0.2, 0) is 11.0 Å². The van der Waals surface area contributed by atoms with E-state index < -0.39 is 11.9 Å². The van der Waals surface area contributed by atoms with Gasteiger partial charge < -0.3 is 10.6 Å². The Balaban J connectivity index is 1.84. The van der Waals surface area contributed by atoms with E-state index in [1.54, 1.807) is 31.2 Å². The molecule has 1 amide bonds. The summed E-state index contributed by atoms with van der Waals surface area (Å²) in [6.45, 7) is 1.80. The molecule has 1 unspecified atom stereocenters. The number of halogens is 3. The molecule has 140 valence electrons. The first-order valence-corrected chi connectivity index (χ1v) is 8.89. The van der Waals surface area contributed by atoms with Crippen molar-refractivity contribution in [1.29, 1.82) is 0 Å². The normalized spacial score (nSPS) is 20.8. The van der Waals surface area contributed by atoms with Gasteiger partial charge in [-0.15, -0.1) is 0 Å². The van der Waals surface area contributed by atoms with E-state index in [1.807, 2.05) is 0 Å². The van der Waals surface area contributed by atoms with Gasteiger partial charge in [0.1, 0.15) is 5.69 Å². The fourth-order valence-electron chi connectivity index (χ4n) is 3.44. The maximum atomic E-state index is 13.2. The molecule has 1 fully saturated rings. The minimum absolute atomic E-state index is 0.00404. The molecule has 1 aliphatic carbocycles. The molecule has 1 saturated carbocycles. The number of rotatable bonds is 4. The number of benzene rings is 1. The Morgan fingerprint density at radius 3 is 2.69 bits per heavy atom. The Hall–Kier alpha value is -2.31. The molecule has 7 heteroatoms. The summed E-state index contributed by atoms with van der Waals surface area (Å²) in [6, 6.07) is 7.97. The molecule has 2 aromatic rings. The number of nitrogens with one attached hydrogen (secondary N) is 2. The molecule has 0 aliphatic heterocycles. The highest BCUT2D eigenvalue weighted by atomic mass is 19.4. The number of pyridine rings is 1. The van der Waals surface area contributed by atoms with Crippen LogP contribution in [0.25, 0.3) is 10.9 Å². The van der Waals surface area contributed by atoms with Crippen LogP contribution in [0.4, 0.5) is 18.9 Å². The third-order valence-electron chi connectivity index (χ3n) is 4.73. The molecule has 1 aromatic carbocycles. The summed E-state index contributed by atoms with van der Waals surface area (Å²) in [4.78, 5) is 15.4. The molecule has 0 radical (unpaired) electrons. The molecule has 1 aliphatic rings. The first kappa shape index (κ1) is 18.5. The zero-order valence-electron chi connectivity index (χ0n) is 14.6. The Kier molecular flexibility index (Phi) is 5.34. The van der Waals surface area contributed by atoms with Crippen molar-refractivity contribution in [3.63, 3.8) is 0 Å². The molecule has 0 bridgehead atoms. The highest BCUT2D eigenvalue weighted by molar-refractivity contribution is 5.91. The van der Waals surface area contributed by atoms with Gasteiger partial charge in [-0.3, -0.25) is 4.79 Å². The summed E-state index contributed by atoms with van der Waals surface area (Å²) in [5.74, 6) is 0.00404. The van der Waals surface area contributed by atoms with Crippen molar-refractivity contribution in [2.45, 2.75) is 57.3 Å². The number of hydrogen-bond acceptors (Lipinski definition) is 3. The van der Waals surface area contributed by atoms with Crippen LogP contribution in [0.1, 0.15) is 44.7 Å². The number of carbonyl (C=O) groups is 1. The van der Waals surface area contributed by atoms with Gasteiger partial charge in [-0.2, -0.15) is 13.2 Å². The van der Waals surface area contributed by atoms with Gasteiger partial charge in [0.25, 0.3) is 0 Å². The molecular formula is C19H22F3N3O. The number of para-hydroxylation sites is 1. The first-order valence-electron chi connectivity index (χ1n) is 8.89. The molecule has 2 N–H and O–H groups in total. The van der Waals surface area contributed by atoms with Crippen LogP contribution in [0.2, 0.25) is 0 Å². The largest absolute Gasteiger partial charge is 0.433 e. The fraction of sp³-hybridized carbons (Fsp3) is 0.474. The summed E-state index contributed by atoms with van der Waals surface area (Å²) in [6.07, 6.45) is -0.695. The van der Waals surface area contributed by atoms with Crippen molar-refractivity contribution in [3.8, 4) is 0 Å². The van der Waals surface area contributed by atoms with Gasteiger partial charge in [-0.05, 0) is 37.8 Å². The third kappa shape index (κ3) is 4.26. The Morgan fingerprint density at radius 2 is 1.96 bits per heavy atom. The van der Waals surface area contributed by atoms with Crippen molar-refractivity contribution < 1.29 is 18.0 Å². The molecule has 1 aromatic heterocycles. The third-order valence-corrected chi connectivity index (χ3v) is 4.73. The van der Waals surface area contributed by atoms with E-state index in [4.69, 9.17) is 0 Å². The number of carbonyl (C=O) groups excluding carboxylic acids is 1. The van der Waals surface area contributed by atoms with Crippen LogP contribution in [0.3, 0.4) is 0 Å². The second-order valence-corrected chi connectivity index (χ2v) is 6.70. The maximum Gasteiger partial charge on any atom is 0.433 e. The average Bonchev–Trinajstić information content (AvgIpc) is 2.61. The molecule has 0 saturated heterocycles. The monoisotopic (exact) mass is 365 g/mol. The van der Waals surface area contributed by atoms with Crippen molar-refractivity contribution in [2.24, 2.45) is 0 Å². The van der Waals surface area contributed by atoms with Gasteiger partial charge in [0.2, 0.25) is 5.91 Å². The number of amides is 1. The molecule has 1 heterocycles. The average molecular weight is 365 g/mol. The molecular weight excluding hydrogens is 343 g/mol. The smallest absolute Gasteiger partial charge is 0.382 e. The maximum absolute atomic E-state index is 13.2. The number of fused-ring (bicyclic) bond motifs is 1. The standard InChI is InChI=1S/C19H22F3N3O/c1-2-18(26)24-13-7-5-6-12(10-13)23-16-11-17(19(20,21)22)25-15-9-4-3-8-14(15)16/h3-4,8-9,11-13H,2,5-7,10H2,1H3,(H,23,25)(H,24,26)/t12-,13?/m0/s1. The highest BCUT2D eigenvalue weighted by Gasteiger charge is 2.33. The van der Waals surface area contributed by atoms with Gasteiger partial charge in [0, 0.05) is 29.6 Å². The predicted molar refractivity (Wildman–Crippen MR) is 94.8 cm³/mol. The zero-order valence-corrected chi connectivity index (χ0v) is 14.6. The van der Waals surface area contributed by atoms with Gasteiger partial charge in [-0.25, -0.2) is 4.98 Å². The lowest BCUT2D eigenvalue weighted by molar-refractivity contribution is -0.140. The Bertz CT molecular complexity index is 791. The Labute approximate surface area is 150 Å². The quantitative estimate of drug-likeness (QED) is 0.839. The lowest BCUT2D eigenvalue weighted by Gasteiger charge is -2.31. The number of hydrogen-bond donors (Lipinski definition) is 2. The van der Waals surface area contributed by atoms with Crippen molar-refractivity contribution in [1.82, 2.24) is 10.3 Å². The second-order valence-electron chi connectivity index (χ2n) is 6.70. The molecule has 3 rings (SSSR count). The van der Waals surface area contributed by atoms with E-state index in [1.165, 1.54) is 0 Å². The van der Waals surface area contributed by atoms with Crippen LogP contribution in [0.5, 0.6) is 0 Å². The molecule has 26 heavy (non-hydrogen) atoms. The van der Waals surface area contributed by atoms with Gasteiger partial charge >= 0.3 is 6.18 Å². The lowest BCUT2D eigenvalue weighted by atomic mass is 9.90. The SMILES string of the molecule is CCC(=O)NC1CCC[C@H](Nc2cc(C(F)(F)F)nc3ccccc23)C1. The van der Waals surface area contributed by atoms with Crippen LogP contribution < -0.4 is 10.6 Å². The van der Waals surface area contributed by atoms with E-state index in [9.17, 15) is 18.0 Å². The zero-order chi connectivity index (χ0) is 18.7. The van der Waals surface area contributed by atoms with E-state index >= 15 is 0 Å². The summed E-state index contributed by atoms with van der Waals surface area (Å²) in [5.41, 5.74) is -0.141. The minimum Gasteiger partial charge on any atom is -0.382 e. The lowest BCUT2D eigenvalue weighted by Crippen LogP contribution is -2.41. The van der Waals surface area contributed by atoms with E-state index in [2.05, 4.69) is 15.6 Å². The minimum atomic E-state index is -4.50. The number of nitrogens with zero attached hydrogens (tertiary/aromatic N) is 1. The fourth-order valence-corrected chi connectivity index (χ4v) is 3.44. The van der Waals surface area contributed by atoms with Gasteiger partial charge in [0.15, 0.2) is 0 Å². The molecule has 0 spiro atoms. The number of alkyl halides is 3. The summed E-state index contributed by atoms with van der Waals surface area (Å²) < 4.78 is 39.5. The topological polar surface area (TPSA) is 54.0 Å². The molecule has 4 nitrogen and oxygen atoms in total.